The molecule has 0 atom stereocenters. The van der Waals surface area contributed by atoms with Crippen LogP contribution in [0.1, 0.15) is 25.8 Å². The average molecular weight is 269 g/mol. The summed E-state index contributed by atoms with van der Waals surface area (Å²) >= 11 is 0. The van der Waals surface area contributed by atoms with Crippen LogP contribution in [-0.4, -0.2) is 35.7 Å². The lowest BCUT2D eigenvalue weighted by Crippen LogP contribution is -2.42. The van der Waals surface area contributed by atoms with Crippen molar-refractivity contribution in [3.63, 3.8) is 0 Å². The standard InChI is InChI=1S/C14H20FNO3/c1-14(2,8-13(17)18)16(3)9-10-5-6-12(19-4)11(15)7-10/h5-7H,8-9H2,1-4H3,(H,17,18). The van der Waals surface area contributed by atoms with Gasteiger partial charge in [0.25, 0.3) is 0 Å². The largest absolute Gasteiger partial charge is 0.494 e. The number of hydrogen-bond donors (Lipinski definition) is 1. The van der Waals surface area contributed by atoms with Crippen molar-refractivity contribution in [2.75, 3.05) is 14.2 Å². The molecule has 1 aromatic carbocycles. The molecule has 0 amide bonds. The summed E-state index contributed by atoms with van der Waals surface area (Å²) in [6, 6.07) is 4.75. The monoisotopic (exact) mass is 269 g/mol. The molecule has 5 heteroatoms. The molecule has 0 unspecified atom stereocenters. The number of halogens is 1. The van der Waals surface area contributed by atoms with E-state index in [-0.39, 0.29) is 12.2 Å². The van der Waals surface area contributed by atoms with Crippen LogP contribution in [0.4, 0.5) is 4.39 Å². The summed E-state index contributed by atoms with van der Waals surface area (Å²) in [5, 5.41) is 8.87. The van der Waals surface area contributed by atoms with E-state index in [1.165, 1.54) is 13.2 Å². The maximum Gasteiger partial charge on any atom is 0.305 e. The van der Waals surface area contributed by atoms with E-state index in [9.17, 15) is 9.18 Å². The fourth-order valence-electron chi connectivity index (χ4n) is 1.80. The van der Waals surface area contributed by atoms with Gasteiger partial charge in [-0.05, 0) is 38.6 Å². The Morgan fingerprint density at radius 1 is 1.47 bits per heavy atom. The second kappa shape index (κ2) is 6.02. The first-order valence-electron chi connectivity index (χ1n) is 6.01. The highest BCUT2D eigenvalue weighted by molar-refractivity contribution is 5.68. The Bertz CT molecular complexity index is 460. The lowest BCUT2D eigenvalue weighted by atomic mass is 9.98. The lowest BCUT2D eigenvalue weighted by Gasteiger charge is -2.34. The highest BCUT2D eigenvalue weighted by Gasteiger charge is 2.26. The van der Waals surface area contributed by atoms with Gasteiger partial charge in [0.05, 0.1) is 13.5 Å². The summed E-state index contributed by atoms with van der Waals surface area (Å²) in [6.45, 7) is 4.17. The van der Waals surface area contributed by atoms with Gasteiger partial charge in [-0.25, -0.2) is 4.39 Å². The summed E-state index contributed by atoms with van der Waals surface area (Å²) in [4.78, 5) is 12.7. The normalized spacial score (nSPS) is 11.7. The molecular weight excluding hydrogens is 249 g/mol. The van der Waals surface area contributed by atoms with Gasteiger partial charge < -0.3 is 9.84 Å². The molecule has 1 N–H and O–H groups in total. The Kier molecular flexibility index (Phi) is 4.89. The third-order valence-corrected chi connectivity index (χ3v) is 3.25. The van der Waals surface area contributed by atoms with Gasteiger partial charge in [-0.2, -0.15) is 0 Å². The van der Waals surface area contributed by atoms with Gasteiger partial charge in [-0.3, -0.25) is 9.69 Å². The minimum Gasteiger partial charge on any atom is -0.494 e. The van der Waals surface area contributed by atoms with E-state index in [1.54, 1.807) is 12.1 Å². The molecule has 1 rings (SSSR count). The zero-order valence-corrected chi connectivity index (χ0v) is 11.7. The number of carboxylic acid groups (broad SMARTS) is 1. The van der Waals surface area contributed by atoms with Gasteiger partial charge in [0, 0.05) is 12.1 Å². The van der Waals surface area contributed by atoms with Crippen LogP contribution in [0.25, 0.3) is 0 Å². The summed E-state index contributed by atoms with van der Waals surface area (Å²) in [7, 11) is 3.24. The fraction of sp³-hybridized carbons (Fsp3) is 0.500. The van der Waals surface area contributed by atoms with Gasteiger partial charge in [-0.1, -0.05) is 6.07 Å². The maximum absolute atomic E-state index is 13.6. The molecule has 0 aliphatic heterocycles. The van der Waals surface area contributed by atoms with Crippen molar-refractivity contribution in [1.29, 1.82) is 0 Å². The smallest absolute Gasteiger partial charge is 0.305 e. The second-order valence-electron chi connectivity index (χ2n) is 5.21. The predicted molar refractivity (Wildman–Crippen MR) is 70.8 cm³/mol. The average Bonchev–Trinajstić information content (AvgIpc) is 2.27. The zero-order chi connectivity index (χ0) is 14.6. The molecule has 0 spiro atoms. The number of benzene rings is 1. The van der Waals surface area contributed by atoms with Gasteiger partial charge in [-0.15, -0.1) is 0 Å². The van der Waals surface area contributed by atoms with Crippen molar-refractivity contribution in [2.45, 2.75) is 32.4 Å². The number of aliphatic carboxylic acids is 1. The van der Waals surface area contributed by atoms with Gasteiger partial charge >= 0.3 is 5.97 Å². The number of rotatable bonds is 6. The van der Waals surface area contributed by atoms with Gasteiger partial charge in [0.2, 0.25) is 0 Å². The van der Waals surface area contributed by atoms with Crippen LogP contribution < -0.4 is 4.74 Å². The van der Waals surface area contributed by atoms with E-state index in [2.05, 4.69) is 0 Å². The van der Waals surface area contributed by atoms with E-state index in [0.29, 0.717) is 6.54 Å². The van der Waals surface area contributed by atoms with Crippen molar-refractivity contribution in [2.24, 2.45) is 0 Å². The molecule has 0 aliphatic rings. The summed E-state index contributed by atoms with van der Waals surface area (Å²) < 4.78 is 18.4. The first kappa shape index (κ1) is 15.4. The van der Waals surface area contributed by atoms with Crippen LogP contribution in [0.15, 0.2) is 18.2 Å². The SMILES string of the molecule is COc1ccc(CN(C)C(C)(C)CC(=O)O)cc1F. The number of nitrogens with zero attached hydrogens (tertiary/aromatic N) is 1. The molecule has 4 nitrogen and oxygen atoms in total. The Labute approximate surface area is 112 Å². The number of carbonyl (C=O) groups is 1. The van der Waals surface area contributed by atoms with Crippen LogP contribution in [0.2, 0.25) is 0 Å². The summed E-state index contributed by atoms with van der Waals surface area (Å²) in [6.07, 6.45) is 0.0299. The minimum absolute atomic E-state index is 0.0299. The van der Waals surface area contributed by atoms with E-state index >= 15 is 0 Å². The molecule has 0 aliphatic carbocycles. The van der Waals surface area contributed by atoms with Crippen LogP contribution in [-0.2, 0) is 11.3 Å². The van der Waals surface area contributed by atoms with E-state index in [1.807, 2.05) is 25.8 Å². The predicted octanol–water partition coefficient (Wildman–Crippen LogP) is 2.52. The Morgan fingerprint density at radius 2 is 2.11 bits per heavy atom. The molecule has 0 heterocycles. The molecule has 0 aromatic heterocycles. The van der Waals surface area contributed by atoms with E-state index in [0.717, 1.165) is 5.56 Å². The van der Waals surface area contributed by atoms with Crippen molar-refractivity contribution >= 4 is 5.97 Å². The van der Waals surface area contributed by atoms with Crippen molar-refractivity contribution in [3.8, 4) is 5.75 Å². The topological polar surface area (TPSA) is 49.8 Å². The minimum atomic E-state index is -0.849. The fourth-order valence-corrected chi connectivity index (χ4v) is 1.80. The molecule has 0 fully saturated rings. The summed E-state index contributed by atoms with van der Waals surface area (Å²) in [5.41, 5.74) is 0.279. The second-order valence-corrected chi connectivity index (χ2v) is 5.21. The van der Waals surface area contributed by atoms with Crippen LogP contribution in [0.5, 0.6) is 5.75 Å². The number of methoxy groups -OCH3 is 1. The Morgan fingerprint density at radius 3 is 2.58 bits per heavy atom. The molecule has 0 saturated heterocycles. The molecule has 1 aromatic rings. The molecular formula is C14H20FNO3. The number of hydrogen-bond acceptors (Lipinski definition) is 3. The third kappa shape index (κ3) is 4.21. The first-order chi connectivity index (χ1) is 8.76. The maximum atomic E-state index is 13.6. The van der Waals surface area contributed by atoms with E-state index < -0.39 is 17.3 Å². The Balaban J connectivity index is 2.79. The number of carboxylic acids is 1. The first-order valence-corrected chi connectivity index (χ1v) is 6.01. The van der Waals surface area contributed by atoms with Crippen molar-refractivity contribution < 1.29 is 19.0 Å². The zero-order valence-electron chi connectivity index (χ0n) is 11.7. The number of ether oxygens (including phenoxy) is 1. The van der Waals surface area contributed by atoms with Crippen LogP contribution >= 0.6 is 0 Å². The molecule has 0 radical (unpaired) electrons. The molecule has 0 saturated carbocycles. The van der Waals surface area contributed by atoms with Crippen molar-refractivity contribution in [1.82, 2.24) is 4.90 Å². The summed E-state index contributed by atoms with van der Waals surface area (Å²) in [5.74, 6) is -1.06. The lowest BCUT2D eigenvalue weighted by molar-refractivity contribution is -0.139. The van der Waals surface area contributed by atoms with Gasteiger partial charge in [0.15, 0.2) is 11.6 Å². The third-order valence-electron chi connectivity index (χ3n) is 3.25. The van der Waals surface area contributed by atoms with Gasteiger partial charge in [0.1, 0.15) is 0 Å². The highest BCUT2D eigenvalue weighted by Crippen LogP contribution is 2.22. The van der Waals surface area contributed by atoms with Crippen LogP contribution in [0, 0.1) is 5.82 Å². The van der Waals surface area contributed by atoms with Crippen molar-refractivity contribution in [3.05, 3.63) is 29.6 Å². The van der Waals surface area contributed by atoms with E-state index in [4.69, 9.17) is 9.84 Å². The quantitative estimate of drug-likeness (QED) is 0.862. The molecule has 19 heavy (non-hydrogen) atoms. The molecule has 106 valence electrons. The van der Waals surface area contributed by atoms with Crippen LogP contribution in [0.3, 0.4) is 0 Å². The highest BCUT2D eigenvalue weighted by atomic mass is 19.1. The molecule has 0 bridgehead atoms. The Hall–Kier alpha value is -1.62.